The lowest BCUT2D eigenvalue weighted by Gasteiger charge is -2.16. The number of hydrogen-bond acceptors (Lipinski definition) is 18. The number of halogens is 2. The average Bonchev–Trinajstić information content (AvgIpc) is 3.05. The van der Waals surface area contributed by atoms with Crippen molar-refractivity contribution in [3.63, 3.8) is 0 Å². The lowest BCUT2D eigenvalue weighted by molar-refractivity contribution is -0.143. The fraction of sp³-hybridized carbons (Fsp3) is 0.793. The highest BCUT2D eigenvalue weighted by Crippen LogP contribution is 2.32. The number of carboxylic acid groups (broad SMARTS) is 6. The molecule has 0 aromatic heterocycles. The largest absolute Gasteiger partial charge is 0.480 e. The summed E-state index contributed by atoms with van der Waals surface area (Å²) < 4.78 is 37.2. The second-order valence-corrected chi connectivity index (χ2v) is 14.7. The fourth-order valence-electron chi connectivity index (χ4n) is 2.49. The van der Waals surface area contributed by atoms with Crippen LogP contribution in [-0.2, 0) is 43.5 Å². The molecule has 0 saturated heterocycles. The average molecular weight is 1080 g/mol. The molecule has 0 spiro atoms. The smallest absolute Gasteiger partial charge is 0.326 e. The van der Waals surface area contributed by atoms with Crippen molar-refractivity contribution in [3.8, 4) is 0 Å². The third-order valence-electron chi connectivity index (χ3n) is 4.77. The minimum Gasteiger partial charge on any atom is -0.480 e. The Balaban J connectivity index is -0.0000000638. The van der Waals surface area contributed by atoms with Gasteiger partial charge in [0.15, 0.2) is 0 Å². The van der Waals surface area contributed by atoms with Crippen LogP contribution in [-0.4, -0.2) is 213 Å². The maximum Gasteiger partial charge on any atom is 0.326 e. The number of carbonyl (C=O) groups is 6. The van der Waals surface area contributed by atoms with Crippen molar-refractivity contribution in [1.82, 2.24) is 15.1 Å². The predicted octanol–water partition coefficient (Wildman–Crippen LogP) is -4.21. The van der Waals surface area contributed by atoms with Gasteiger partial charge in [0.25, 0.3) is 10.1 Å². The predicted molar refractivity (Wildman–Crippen MR) is 238 cm³/mol. The van der Waals surface area contributed by atoms with Gasteiger partial charge in [-0.3, -0.25) is 53.0 Å². The van der Waals surface area contributed by atoms with E-state index in [9.17, 15) is 41.8 Å². The standard InChI is InChI=1S/2C7H14N2O4.C4H7NO4.C3H8BrN.C3H9N.C2H8NO3P.C2H7NO3S.CH4.BrH.H2O/c2*8-2-1-3-9(4-6(10)11)5-7(12)13;6-3(7)1-5-2-4(8)9;4-2-1-3-5;1-2-3-4;2*3-1-2-7(4,5)6;;;/h2*1-5,8H2,(H,10,11)(H,12,13);5H,1-2H2,(H,6,7)(H,8,9);1-3,5H2;2-4H2,1H3;1-3H2,(H2,4,5,6);1-3H2,(H,4,5,6);1H4;1H;1H2. The van der Waals surface area contributed by atoms with E-state index in [0.717, 1.165) is 31.3 Å². The van der Waals surface area contributed by atoms with Gasteiger partial charge < -0.3 is 80.3 Å². The molecular formula is C29H74Br2N9O19PS. The van der Waals surface area contributed by atoms with Gasteiger partial charge in [0, 0.05) is 31.5 Å². The molecule has 0 aromatic rings. The molecule has 0 radical (unpaired) electrons. The van der Waals surface area contributed by atoms with Gasteiger partial charge in [0.05, 0.1) is 51.2 Å². The first-order valence-electron chi connectivity index (χ1n) is 16.9. The van der Waals surface area contributed by atoms with Gasteiger partial charge >= 0.3 is 43.4 Å². The van der Waals surface area contributed by atoms with Crippen LogP contribution in [0, 0.1) is 0 Å². The summed E-state index contributed by atoms with van der Waals surface area (Å²) in [6, 6.07) is 0. The van der Waals surface area contributed by atoms with Gasteiger partial charge in [0.2, 0.25) is 0 Å². The van der Waals surface area contributed by atoms with Crippen LogP contribution in [0.2, 0.25) is 0 Å². The zero-order chi connectivity index (χ0) is 47.2. The van der Waals surface area contributed by atoms with Gasteiger partial charge in [0.1, 0.15) is 0 Å². The van der Waals surface area contributed by atoms with Crippen LogP contribution in [0.15, 0.2) is 0 Å². The zero-order valence-electron chi connectivity index (χ0n) is 33.5. The minimum absolute atomic E-state index is 0. The Labute approximate surface area is 375 Å². The SMILES string of the molecule is Br.C.CCCN.NCCCBr.NCCCN(CC(=O)O)CC(=O)O.NCCCN(CC(=O)O)CC(=O)O.NCCP(=O)(O)O.NCCS(=O)(=O)O.O.O=C(O)CNCC(=O)O. The number of alkyl halides is 1. The third kappa shape index (κ3) is 119. The number of nitrogens with two attached hydrogens (primary N) is 6. The fourth-order valence-corrected chi connectivity index (χ4v) is 3.45. The normalized spacial score (nSPS) is 9.59. The van der Waals surface area contributed by atoms with Gasteiger partial charge in [-0.05, 0) is 51.9 Å². The lowest BCUT2D eigenvalue weighted by Crippen LogP contribution is -2.35. The van der Waals surface area contributed by atoms with Crippen LogP contribution in [0.25, 0.3) is 0 Å². The molecule has 32 heteroatoms. The second kappa shape index (κ2) is 59.5. The van der Waals surface area contributed by atoms with Crippen LogP contribution in [0.1, 0.15) is 40.0 Å². The molecule has 0 amide bonds. The number of hydrogen-bond donors (Lipinski definition) is 16. The number of carboxylic acids is 6. The molecule has 0 aromatic carbocycles. The van der Waals surface area contributed by atoms with E-state index >= 15 is 0 Å². The van der Waals surface area contributed by atoms with Crippen molar-refractivity contribution >= 4 is 86.4 Å². The molecule has 61 heavy (non-hydrogen) atoms. The zero-order valence-corrected chi connectivity index (χ0v) is 38.6. The molecule has 0 rings (SSSR count). The highest BCUT2D eigenvalue weighted by molar-refractivity contribution is 9.09. The molecule has 0 aliphatic rings. The van der Waals surface area contributed by atoms with E-state index in [-0.39, 0.29) is 94.2 Å². The van der Waals surface area contributed by atoms with Crippen molar-refractivity contribution in [2.45, 2.75) is 40.0 Å². The van der Waals surface area contributed by atoms with E-state index in [0.29, 0.717) is 39.0 Å². The molecule has 0 saturated carbocycles. The molecule has 0 aliphatic carbocycles. The summed E-state index contributed by atoms with van der Waals surface area (Å²) in [6.45, 7) is 3.68. The van der Waals surface area contributed by atoms with Crippen molar-refractivity contribution in [3.05, 3.63) is 0 Å². The molecule has 374 valence electrons. The number of nitrogens with zero attached hydrogens (tertiary/aromatic N) is 2. The number of aliphatic carboxylic acids is 6. The van der Waals surface area contributed by atoms with Crippen LogP contribution in [0.3, 0.4) is 0 Å². The van der Waals surface area contributed by atoms with Crippen LogP contribution >= 0.6 is 40.5 Å². The molecule has 0 fully saturated rings. The molecular weight excluding hydrogens is 1000 g/mol. The molecule has 24 N–H and O–H groups in total. The van der Waals surface area contributed by atoms with Gasteiger partial charge in [-0.15, -0.1) is 17.0 Å². The first-order chi connectivity index (χ1) is 26.7. The second-order valence-electron chi connectivity index (χ2n) is 10.5. The van der Waals surface area contributed by atoms with Crippen LogP contribution < -0.4 is 39.7 Å². The Morgan fingerprint density at radius 2 is 0.902 bits per heavy atom. The van der Waals surface area contributed by atoms with E-state index in [1.807, 2.05) is 0 Å². The first-order valence-corrected chi connectivity index (χ1v) is 21.4. The van der Waals surface area contributed by atoms with Crippen LogP contribution in [0.4, 0.5) is 0 Å². The van der Waals surface area contributed by atoms with E-state index < -0.39 is 53.5 Å². The summed E-state index contributed by atoms with van der Waals surface area (Å²) in [5, 5.41) is 52.9. The Morgan fingerprint density at radius 3 is 1.00 bits per heavy atom. The van der Waals surface area contributed by atoms with E-state index in [1.54, 1.807) is 0 Å². The molecule has 0 atom stereocenters. The van der Waals surface area contributed by atoms with Gasteiger partial charge in [-0.25, -0.2) is 0 Å². The van der Waals surface area contributed by atoms with Crippen molar-refractivity contribution in [1.29, 1.82) is 0 Å². The van der Waals surface area contributed by atoms with Crippen molar-refractivity contribution < 1.29 is 92.2 Å². The first kappa shape index (κ1) is 82.2. The summed E-state index contributed by atoms with van der Waals surface area (Å²) >= 11 is 3.23. The van der Waals surface area contributed by atoms with Crippen molar-refractivity contribution in [2.24, 2.45) is 34.4 Å². The van der Waals surface area contributed by atoms with Crippen LogP contribution in [0.5, 0.6) is 0 Å². The highest BCUT2D eigenvalue weighted by Gasteiger charge is 2.13. The van der Waals surface area contributed by atoms with E-state index in [4.69, 9.17) is 79.4 Å². The highest BCUT2D eigenvalue weighted by atomic mass is 79.9. The minimum atomic E-state index is -3.80. The summed E-state index contributed by atoms with van der Waals surface area (Å²) in [4.78, 5) is 79.4. The maximum atomic E-state index is 10.3. The molecule has 28 nitrogen and oxygen atoms in total. The Bertz CT molecular complexity index is 1110. The van der Waals surface area contributed by atoms with E-state index in [1.165, 1.54) is 9.80 Å². The summed E-state index contributed by atoms with van der Waals surface area (Å²) in [6.07, 6.45) is 3.16. The Hall–Kier alpha value is -2.56. The summed E-state index contributed by atoms with van der Waals surface area (Å²) in [5.41, 5.74) is 30.2. The summed E-state index contributed by atoms with van der Waals surface area (Å²) in [7, 11) is -7.59. The van der Waals surface area contributed by atoms with Gasteiger partial charge in [-0.1, -0.05) is 30.3 Å². The molecule has 0 unspecified atom stereocenters. The monoisotopic (exact) mass is 1070 g/mol. The quantitative estimate of drug-likeness (QED) is 0.0234. The maximum absolute atomic E-state index is 10.3. The van der Waals surface area contributed by atoms with Crippen molar-refractivity contribution in [2.75, 3.05) is 109 Å². The third-order valence-corrected chi connectivity index (χ3v) is 6.92. The topological polar surface area (TPSA) is 542 Å². The number of rotatable bonds is 25. The molecule has 0 aliphatic heterocycles. The van der Waals surface area contributed by atoms with E-state index in [2.05, 4.69) is 28.2 Å². The summed E-state index contributed by atoms with van der Waals surface area (Å²) in [5.74, 6) is -6.59. The molecule has 0 heterocycles. The Morgan fingerprint density at radius 1 is 0.607 bits per heavy atom. The number of nitrogens with one attached hydrogen (secondary N) is 1. The lowest BCUT2D eigenvalue weighted by atomic mass is 10.3. The Kier molecular flexibility index (Phi) is 80.2. The van der Waals surface area contributed by atoms with Gasteiger partial charge in [-0.2, -0.15) is 8.42 Å². The molecule has 0 bridgehead atoms.